The summed E-state index contributed by atoms with van der Waals surface area (Å²) in [5.74, 6) is -1.02. The maximum Gasteiger partial charge on any atom is 0.326 e. The highest BCUT2D eigenvalue weighted by Crippen LogP contribution is 2.31. The molecule has 0 bridgehead atoms. The fourth-order valence-electron chi connectivity index (χ4n) is 2.77. The number of carbonyl (C=O) groups excluding carboxylic acids is 1. The average molecular weight is 256 g/mol. The van der Waals surface area contributed by atoms with Crippen molar-refractivity contribution < 1.29 is 19.4 Å². The molecule has 6 heteroatoms. The largest absolute Gasteiger partial charge is 0.480 e. The minimum atomic E-state index is -0.947. The van der Waals surface area contributed by atoms with Crippen LogP contribution in [0.3, 0.4) is 0 Å². The van der Waals surface area contributed by atoms with E-state index >= 15 is 0 Å². The smallest absolute Gasteiger partial charge is 0.326 e. The monoisotopic (exact) mass is 256 g/mol. The summed E-state index contributed by atoms with van der Waals surface area (Å²) in [6.45, 7) is 3.70. The van der Waals surface area contributed by atoms with E-state index in [1.54, 1.807) is 7.11 Å². The van der Waals surface area contributed by atoms with Crippen molar-refractivity contribution in [2.24, 2.45) is 5.41 Å². The summed E-state index contributed by atoms with van der Waals surface area (Å²) in [6.07, 6.45) is 0.959. The number of amides is 1. The fourth-order valence-corrected chi connectivity index (χ4v) is 2.77. The zero-order chi connectivity index (χ0) is 13.3. The van der Waals surface area contributed by atoms with E-state index < -0.39 is 17.4 Å². The van der Waals surface area contributed by atoms with Crippen LogP contribution in [0.25, 0.3) is 0 Å². The molecule has 2 N–H and O–H groups in total. The number of aliphatic carboxylic acids is 1. The molecule has 2 rings (SSSR count). The predicted octanol–water partition coefficient (Wildman–Crippen LogP) is -0.313. The molecule has 3 unspecified atom stereocenters. The Balaban J connectivity index is 2.15. The summed E-state index contributed by atoms with van der Waals surface area (Å²) < 4.78 is 5.19. The molecule has 0 aromatic rings. The number of rotatable bonds is 3. The Hall–Kier alpha value is -1.14. The van der Waals surface area contributed by atoms with E-state index in [9.17, 15) is 14.7 Å². The molecule has 1 amide bonds. The summed E-state index contributed by atoms with van der Waals surface area (Å²) in [5.41, 5.74) is -0.476. The topological polar surface area (TPSA) is 78.9 Å². The Labute approximate surface area is 106 Å². The van der Waals surface area contributed by atoms with Crippen LogP contribution in [0.5, 0.6) is 0 Å². The van der Waals surface area contributed by atoms with E-state index in [0.29, 0.717) is 19.5 Å². The van der Waals surface area contributed by atoms with Gasteiger partial charge in [-0.1, -0.05) is 0 Å². The van der Waals surface area contributed by atoms with Crippen molar-refractivity contribution in [3.05, 3.63) is 0 Å². The van der Waals surface area contributed by atoms with Crippen LogP contribution < -0.4 is 5.32 Å². The maximum absolute atomic E-state index is 12.5. The number of likely N-dealkylation sites (tertiary alicyclic amines) is 1. The van der Waals surface area contributed by atoms with Gasteiger partial charge in [-0.05, 0) is 19.9 Å². The van der Waals surface area contributed by atoms with E-state index in [2.05, 4.69) is 5.32 Å². The van der Waals surface area contributed by atoms with Gasteiger partial charge in [-0.15, -0.1) is 0 Å². The third-order valence-electron chi connectivity index (χ3n) is 4.03. The lowest BCUT2D eigenvalue weighted by molar-refractivity contribution is -0.152. The van der Waals surface area contributed by atoms with Gasteiger partial charge in [-0.2, -0.15) is 0 Å². The molecule has 0 aromatic carbocycles. The standard InChI is InChI=1S/C12H20N2O4/c1-12(3-4-13-7-12)11(17)14-6-8(18-2)5-9(14)10(15)16/h8-9,13H,3-7H2,1-2H3,(H,15,16). The summed E-state index contributed by atoms with van der Waals surface area (Å²) in [6, 6.07) is -0.750. The number of nitrogens with one attached hydrogen (secondary N) is 1. The molecule has 2 aliphatic rings. The van der Waals surface area contributed by atoms with E-state index in [-0.39, 0.29) is 12.0 Å². The SMILES string of the molecule is COC1CC(C(=O)O)N(C(=O)C2(C)CCNC2)C1. The Bertz CT molecular complexity index is 352. The highest BCUT2D eigenvalue weighted by molar-refractivity contribution is 5.88. The average Bonchev–Trinajstić information content (AvgIpc) is 2.94. The molecule has 0 aromatic heterocycles. The van der Waals surface area contributed by atoms with E-state index in [1.165, 1.54) is 4.90 Å². The molecule has 2 heterocycles. The van der Waals surface area contributed by atoms with Crippen LogP contribution in [-0.4, -0.2) is 60.8 Å². The Morgan fingerprint density at radius 1 is 1.50 bits per heavy atom. The highest BCUT2D eigenvalue weighted by atomic mass is 16.5. The second-order valence-corrected chi connectivity index (χ2v) is 5.39. The van der Waals surface area contributed by atoms with E-state index in [4.69, 9.17) is 4.74 Å². The second kappa shape index (κ2) is 4.85. The number of hydrogen-bond acceptors (Lipinski definition) is 4. The minimum absolute atomic E-state index is 0.0700. The Morgan fingerprint density at radius 3 is 2.72 bits per heavy atom. The van der Waals surface area contributed by atoms with Crippen molar-refractivity contribution in [1.82, 2.24) is 10.2 Å². The van der Waals surface area contributed by atoms with Gasteiger partial charge in [0.25, 0.3) is 0 Å². The number of hydrogen-bond donors (Lipinski definition) is 2. The second-order valence-electron chi connectivity index (χ2n) is 5.39. The van der Waals surface area contributed by atoms with Crippen LogP contribution >= 0.6 is 0 Å². The number of carboxylic acid groups (broad SMARTS) is 1. The van der Waals surface area contributed by atoms with Gasteiger partial charge in [0.1, 0.15) is 6.04 Å². The molecule has 2 aliphatic heterocycles. The van der Waals surface area contributed by atoms with Crippen LogP contribution in [-0.2, 0) is 14.3 Å². The summed E-state index contributed by atoms with van der Waals surface area (Å²) in [7, 11) is 1.55. The van der Waals surface area contributed by atoms with Gasteiger partial charge in [0, 0.05) is 26.6 Å². The lowest BCUT2D eigenvalue weighted by Crippen LogP contribution is -2.48. The van der Waals surface area contributed by atoms with Crippen molar-refractivity contribution in [3.8, 4) is 0 Å². The van der Waals surface area contributed by atoms with Gasteiger partial charge < -0.3 is 20.1 Å². The van der Waals surface area contributed by atoms with Gasteiger partial charge in [-0.3, -0.25) is 4.79 Å². The van der Waals surface area contributed by atoms with Crippen LogP contribution in [0.4, 0.5) is 0 Å². The fraction of sp³-hybridized carbons (Fsp3) is 0.833. The first-order chi connectivity index (χ1) is 8.48. The van der Waals surface area contributed by atoms with E-state index in [0.717, 1.165) is 13.0 Å². The quantitative estimate of drug-likeness (QED) is 0.724. The van der Waals surface area contributed by atoms with Crippen LogP contribution in [0, 0.1) is 5.41 Å². The van der Waals surface area contributed by atoms with Crippen LogP contribution in [0.15, 0.2) is 0 Å². The van der Waals surface area contributed by atoms with Crippen molar-refractivity contribution in [2.75, 3.05) is 26.7 Å². The maximum atomic E-state index is 12.5. The van der Waals surface area contributed by atoms with E-state index in [1.807, 2.05) is 6.92 Å². The molecule has 0 aliphatic carbocycles. The molecule has 2 fully saturated rings. The summed E-state index contributed by atoms with van der Waals surface area (Å²) >= 11 is 0. The van der Waals surface area contributed by atoms with Crippen molar-refractivity contribution in [2.45, 2.75) is 31.9 Å². The Kier molecular flexibility index (Phi) is 3.59. The highest BCUT2D eigenvalue weighted by Gasteiger charge is 2.47. The third kappa shape index (κ3) is 2.22. The number of ether oxygens (including phenoxy) is 1. The lowest BCUT2D eigenvalue weighted by Gasteiger charge is -2.30. The summed E-state index contributed by atoms with van der Waals surface area (Å²) in [4.78, 5) is 25.2. The summed E-state index contributed by atoms with van der Waals surface area (Å²) in [5, 5.41) is 12.4. The number of carboxylic acids is 1. The van der Waals surface area contributed by atoms with Gasteiger partial charge in [0.05, 0.1) is 11.5 Å². The first-order valence-electron chi connectivity index (χ1n) is 6.25. The predicted molar refractivity (Wildman–Crippen MR) is 64.1 cm³/mol. The van der Waals surface area contributed by atoms with Gasteiger partial charge in [0.15, 0.2) is 0 Å². The Morgan fingerprint density at radius 2 is 2.22 bits per heavy atom. The number of nitrogens with zero attached hydrogens (tertiary/aromatic N) is 1. The van der Waals surface area contributed by atoms with Crippen molar-refractivity contribution in [1.29, 1.82) is 0 Å². The molecule has 0 radical (unpaired) electrons. The van der Waals surface area contributed by atoms with Gasteiger partial charge in [0.2, 0.25) is 5.91 Å². The van der Waals surface area contributed by atoms with Gasteiger partial charge >= 0.3 is 5.97 Å². The van der Waals surface area contributed by atoms with Gasteiger partial charge in [-0.25, -0.2) is 4.79 Å². The van der Waals surface area contributed by atoms with Crippen LogP contribution in [0.2, 0.25) is 0 Å². The first-order valence-corrected chi connectivity index (χ1v) is 6.25. The molecular formula is C12H20N2O4. The zero-order valence-electron chi connectivity index (χ0n) is 10.8. The third-order valence-corrected chi connectivity index (χ3v) is 4.03. The van der Waals surface area contributed by atoms with Crippen LogP contribution in [0.1, 0.15) is 19.8 Å². The molecule has 102 valence electrons. The normalized spacial score (nSPS) is 36.0. The molecule has 0 saturated carbocycles. The lowest BCUT2D eigenvalue weighted by atomic mass is 9.88. The van der Waals surface area contributed by atoms with Crippen molar-refractivity contribution in [3.63, 3.8) is 0 Å². The first kappa shape index (κ1) is 13.3. The molecule has 3 atom stereocenters. The molecule has 2 saturated heterocycles. The molecular weight excluding hydrogens is 236 g/mol. The van der Waals surface area contributed by atoms with Crippen molar-refractivity contribution >= 4 is 11.9 Å². The zero-order valence-corrected chi connectivity index (χ0v) is 10.8. The molecule has 0 spiro atoms. The number of methoxy groups -OCH3 is 1. The molecule has 6 nitrogen and oxygen atoms in total. The molecule has 18 heavy (non-hydrogen) atoms. The number of carbonyl (C=O) groups is 2. The minimum Gasteiger partial charge on any atom is -0.480 e.